The van der Waals surface area contributed by atoms with E-state index < -0.39 is 12.3 Å². The van der Waals surface area contributed by atoms with E-state index in [2.05, 4.69) is 254 Å². The van der Waals surface area contributed by atoms with Gasteiger partial charge in [-0.1, -0.05) is 243 Å². The molecule has 8 aromatic carbocycles. The molecule has 0 fully saturated rings. The van der Waals surface area contributed by atoms with Gasteiger partial charge in [-0.15, -0.1) is 0 Å². The molecule has 0 aliphatic rings. The largest absolute Gasteiger partial charge is 4.00 e. The Morgan fingerprint density at radius 1 is 0.198 bits per heavy atom. The molecule has 0 heterocycles. The minimum absolute atomic E-state index is 0. The SMILES string of the molecule is COCCC[PH+](CCCOC)CC[PH+](CCCOC)CCCOC.COCCC[PH+](CCCOC)CC[PH+](CCCOC)CCCOC.NN.[Fe+4].c1ccc([B-](c2ccccc2)(c2ccccc2)c2ccccc2)cc1.c1ccc([B-](c2ccccc2)(c2ccccc2)c2ccccc2)cc1. The second kappa shape index (κ2) is 59.9. The van der Waals surface area contributed by atoms with Crippen LogP contribution in [0.5, 0.6) is 0 Å². The number of methoxy groups -OCH3 is 8. The van der Waals surface area contributed by atoms with E-state index in [1.54, 1.807) is 0 Å². The van der Waals surface area contributed by atoms with Gasteiger partial charge in [0.25, 0.3) is 0 Å². The van der Waals surface area contributed by atoms with Crippen molar-refractivity contribution in [3.8, 4) is 0 Å². The molecule has 8 aromatic rings. The Bertz CT molecular complexity index is 2480. The zero-order chi connectivity index (χ0) is 71.7. The molecule has 0 radical (unpaired) electrons. The summed E-state index contributed by atoms with van der Waals surface area (Å²) < 4.78 is 42.0. The van der Waals surface area contributed by atoms with Crippen LogP contribution in [0.3, 0.4) is 0 Å². The van der Waals surface area contributed by atoms with Crippen molar-refractivity contribution >= 4 is 87.7 Å². The van der Waals surface area contributed by atoms with Gasteiger partial charge in [0.1, 0.15) is 12.3 Å². The van der Waals surface area contributed by atoms with Crippen molar-refractivity contribution in [2.75, 3.05) is 184 Å². The molecule has 0 atom stereocenters. The molecule has 550 valence electrons. The predicted octanol–water partition coefficient (Wildman–Crippen LogP) is 12.1. The Kier molecular flexibility index (Phi) is 54.0. The topological polar surface area (TPSA) is 126 Å². The molecular formula is C84H128B2FeN2O8P4+6. The summed E-state index contributed by atoms with van der Waals surface area (Å²) in [5.41, 5.74) is 10.7. The van der Waals surface area contributed by atoms with Gasteiger partial charge < -0.3 is 37.9 Å². The smallest absolute Gasteiger partial charge is 0.385 e. The maximum atomic E-state index is 5.24. The van der Waals surface area contributed by atoms with Crippen molar-refractivity contribution < 1.29 is 55.0 Å². The van der Waals surface area contributed by atoms with Gasteiger partial charge >= 0.3 is 17.1 Å². The first-order valence-corrected chi connectivity index (χ1v) is 45.2. The molecule has 101 heavy (non-hydrogen) atoms. The van der Waals surface area contributed by atoms with Crippen molar-refractivity contribution in [2.45, 2.75) is 51.4 Å². The van der Waals surface area contributed by atoms with Crippen molar-refractivity contribution in [2.24, 2.45) is 11.7 Å². The van der Waals surface area contributed by atoms with Crippen LogP contribution in [0.15, 0.2) is 243 Å². The van der Waals surface area contributed by atoms with Gasteiger partial charge in [0.15, 0.2) is 0 Å². The summed E-state index contributed by atoms with van der Waals surface area (Å²) in [6.45, 7) is 7.32. The summed E-state index contributed by atoms with van der Waals surface area (Å²) in [5, 5.41) is 0. The summed E-state index contributed by atoms with van der Waals surface area (Å²) in [4.78, 5) is 0. The van der Waals surface area contributed by atoms with E-state index >= 15 is 0 Å². The van der Waals surface area contributed by atoms with Crippen molar-refractivity contribution in [3.63, 3.8) is 0 Å². The Morgan fingerprint density at radius 3 is 0.406 bits per heavy atom. The van der Waals surface area contributed by atoms with E-state index in [1.165, 1.54) is 169 Å². The second-order valence-electron chi connectivity index (χ2n) is 25.8. The molecule has 0 spiro atoms. The zero-order valence-corrected chi connectivity index (χ0v) is 67.9. The minimum Gasteiger partial charge on any atom is -0.385 e. The normalized spacial score (nSPS) is 11.2. The zero-order valence-electron chi connectivity index (χ0n) is 62.8. The first-order chi connectivity index (χ1) is 49.4. The summed E-state index contributed by atoms with van der Waals surface area (Å²) in [5.74, 6) is 8.00. The maximum Gasteiger partial charge on any atom is 4.00 e. The van der Waals surface area contributed by atoms with Crippen molar-refractivity contribution in [1.82, 2.24) is 0 Å². The third kappa shape index (κ3) is 33.8. The van der Waals surface area contributed by atoms with Gasteiger partial charge in [-0.2, -0.15) is 43.7 Å². The van der Waals surface area contributed by atoms with Gasteiger partial charge in [0.2, 0.25) is 0 Å². The maximum absolute atomic E-state index is 5.24. The van der Waals surface area contributed by atoms with Crippen LogP contribution in [0.25, 0.3) is 0 Å². The van der Waals surface area contributed by atoms with Crippen LogP contribution in [0.1, 0.15) is 51.4 Å². The minimum atomic E-state index is -1.22. The molecule has 0 saturated heterocycles. The average Bonchev–Trinajstić information content (AvgIpc) is 0.748. The number of rotatable bonds is 46. The molecule has 10 nitrogen and oxygen atoms in total. The molecule has 0 saturated carbocycles. The molecule has 0 unspecified atom stereocenters. The summed E-state index contributed by atoms with van der Waals surface area (Å²) in [6, 6.07) is 87.1. The van der Waals surface area contributed by atoms with Crippen LogP contribution in [0.2, 0.25) is 0 Å². The molecule has 4 N–H and O–H groups in total. The molecule has 8 rings (SSSR count). The molecular weight excluding hydrogens is 1370 g/mol. The molecule has 0 aliphatic heterocycles. The van der Waals surface area contributed by atoms with E-state index in [-0.39, 0.29) is 48.8 Å². The van der Waals surface area contributed by atoms with E-state index in [4.69, 9.17) is 37.9 Å². The standard InChI is InChI=1S/2C24H20B.2C18H40O4P2.Fe.H4N2/c2*1-5-13-21(14-6-1)25(22-15-7-2-8-16-22,23-17-9-3-10-18-23)24-19-11-4-12-20-24;2*1-19-9-5-13-23(14-6-10-20-2)17-18-24(15-7-11-21-3)16-8-12-22-4;;1-2/h2*1-20H;2*5-18H2,1-4H3;;1-2H2/q2*-1;;;+4;/p+4. The first kappa shape index (κ1) is 90.9. The monoisotopic (exact) mass is 1490 g/mol. The van der Waals surface area contributed by atoms with Crippen LogP contribution in [0, 0.1) is 0 Å². The van der Waals surface area contributed by atoms with Gasteiger partial charge in [-0.25, -0.2) is 0 Å². The van der Waals surface area contributed by atoms with Gasteiger partial charge in [-0.05, 0) is 0 Å². The Morgan fingerprint density at radius 2 is 0.307 bits per heavy atom. The second-order valence-corrected chi connectivity index (χ2v) is 37.8. The van der Waals surface area contributed by atoms with Crippen LogP contribution < -0.4 is 55.4 Å². The van der Waals surface area contributed by atoms with Crippen LogP contribution >= 0.6 is 31.7 Å². The number of ether oxygens (including phenoxy) is 8. The quantitative estimate of drug-likeness (QED) is 0.0125. The van der Waals surface area contributed by atoms with Crippen LogP contribution in [-0.2, 0) is 55.0 Å². The third-order valence-corrected chi connectivity index (χ3v) is 32.4. The predicted molar refractivity (Wildman–Crippen MR) is 452 cm³/mol. The molecule has 0 amide bonds. The fraction of sp³-hybridized carbons (Fsp3) is 0.429. The van der Waals surface area contributed by atoms with Gasteiger partial charge in [0.05, 0.1) is 73.9 Å². The summed E-state index contributed by atoms with van der Waals surface area (Å²) in [6.07, 6.45) is 24.5. The molecule has 0 aliphatic carbocycles. The molecule has 0 aromatic heterocycles. The fourth-order valence-corrected chi connectivity index (χ4v) is 28.0. The van der Waals surface area contributed by atoms with E-state index in [0.29, 0.717) is 0 Å². The van der Waals surface area contributed by atoms with Crippen molar-refractivity contribution in [3.05, 3.63) is 243 Å². The van der Waals surface area contributed by atoms with E-state index in [1.807, 2.05) is 56.9 Å². The molecule has 17 heteroatoms. The Labute approximate surface area is 627 Å². The number of hydrazine groups is 1. The number of benzene rings is 8. The van der Waals surface area contributed by atoms with Gasteiger partial charge in [0, 0.05) is 193 Å². The fourth-order valence-electron chi connectivity index (χ4n) is 14.2. The van der Waals surface area contributed by atoms with Crippen LogP contribution in [-0.4, -0.2) is 196 Å². The van der Waals surface area contributed by atoms with Crippen LogP contribution in [0.4, 0.5) is 0 Å². The molecule has 0 bridgehead atoms. The number of hydrogen-bond acceptors (Lipinski definition) is 10. The summed E-state index contributed by atoms with van der Waals surface area (Å²) >= 11 is 0. The summed E-state index contributed by atoms with van der Waals surface area (Å²) in [7, 11) is 13.5. The first-order valence-electron chi connectivity index (χ1n) is 36.7. The van der Waals surface area contributed by atoms with E-state index in [9.17, 15) is 0 Å². The van der Waals surface area contributed by atoms with Gasteiger partial charge in [-0.3, -0.25) is 11.7 Å². The number of nitrogens with two attached hydrogens (primary N) is 2. The van der Waals surface area contributed by atoms with Crippen molar-refractivity contribution in [1.29, 1.82) is 0 Å². The third-order valence-electron chi connectivity index (χ3n) is 19.1. The number of hydrogen-bond donors (Lipinski definition) is 2. The van der Waals surface area contributed by atoms with E-state index in [0.717, 1.165) is 52.9 Å². The Balaban J connectivity index is 0.000000346. The average molecular weight is 1500 g/mol. The Hall–Kier alpha value is -4.27.